The maximum Gasteiger partial charge on any atom is 0.0725 e. The number of nitrogens with zero attached hydrogens (tertiary/aromatic N) is 1. The summed E-state index contributed by atoms with van der Waals surface area (Å²) in [6, 6.07) is 64.2. The first kappa shape index (κ1) is 26.2. The van der Waals surface area contributed by atoms with Crippen molar-refractivity contribution in [2.45, 2.75) is 5.41 Å². The van der Waals surface area contributed by atoms with Crippen LogP contribution in [0, 0.1) is 0 Å². The van der Waals surface area contributed by atoms with Gasteiger partial charge in [-0.2, -0.15) is 0 Å². The first-order valence-corrected chi connectivity index (χ1v) is 16.3. The Morgan fingerprint density at radius 2 is 0.894 bits per heavy atom. The maximum atomic E-state index is 5.39. The molecule has 1 atom stereocenters. The van der Waals surface area contributed by atoms with Gasteiger partial charge in [0.1, 0.15) is 0 Å². The van der Waals surface area contributed by atoms with E-state index in [-0.39, 0.29) is 0 Å². The Balaban J connectivity index is 1.30. The fraction of sp³-hybridized carbons (Fsp3) is 0.0217. The van der Waals surface area contributed by atoms with Crippen molar-refractivity contribution in [3.05, 3.63) is 198 Å². The van der Waals surface area contributed by atoms with E-state index in [2.05, 4.69) is 176 Å². The van der Waals surface area contributed by atoms with E-state index in [0.717, 1.165) is 28.1 Å². The molecule has 2 aliphatic rings. The van der Waals surface area contributed by atoms with Crippen LogP contribution < -0.4 is 0 Å². The SMILES string of the molecule is c1ccc(-c2cc(-c3ccccc3)nc(-c3cccc4c3-c3ccccc3C43c4ccccc4-c4c3ccc3ccccc43)c2)cc1. The van der Waals surface area contributed by atoms with Gasteiger partial charge >= 0.3 is 0 Å². The molecule has 1 aromatic heterocycles. The smallest absolute Gasteiger partial charge is 0.0725 e. The Morgan fingerprint density at radius 1 is 0.340 bits per heavy atom. The van der Waals surface area contributed by atoms with Gasteiger partial charge in [-0.05, 0) is 78.5 Å². The minimum Gasteiger partial charge on any atom is -0.248 e. The third-order valence-electron chi connectivity index (χ3n) is 10.3. The predicted molar refractivity (Wildman–Crippen MR) is 194 cm³/mol. The van der Waals surface area contributed by atoms with Crippen LogP contribution in [0.15, 0.2) is 176 Å². The van der Waals surface area contributed by atoms with Gasteiger partial charge < -0.3 is 0 Å². The molecule has 0 radical (unpaired) electrons. The topological polar surface area (TPSA) is 12.9 Å². The zero-order valence-corrected chi connectivity index (χ0v) is 25.7. The summed E-state index contributed by atoms with van der Waals surface area (Å²) in [4.78, 5) is 5.39. The molecule has 0 amide bonds. The molecular formula is C46H29N. The quantitative estimate of drug-likeness (QED) is 0.198. The highest BCUT2D eigenvalue weighted by Gasteiger charge is 2.52. The van der Waals surface area contributed by atoms with E-state index >= 15 is 0 Å². The number of pyridine rings is 1. The molecule has 47 heavy (non-hydrogen) atoms. The largest absolute Gasteiger partial charge is 0.248 e. The van der Waals surface area contributed by atoms with Crippen molar-refractivity contribution in [1.29, 1.82) is 0 Å². The van der Waals surface area contributed by atoms with E-state index < -0.39 is 5.41 Å². The Bertz CT molecular complexity index is 2450. The summed E-state index contributed by atoms with van der Waals surface area (Å²) >= 11 is 0. The highest BCUT2D eigenvalue weighted by molar-refractivity contribution is 6.07. The van der Waals surface area contributed by atoms with Crippen molar-refractivity contribution in [3.8, 4) is 55.9 Å². The van der Waals surface area contributed by atoms with Crippen molar-refractivity contribution < 1.29 is 0 Å². The standard InChI is InChI=1S/C46H29N/c1-3-14-30(15-4-1)33-28-42(32-17-5-2-6-18-32)47-43(29-33)37-22-13-25-40-45(37)36-21-10-12-24-39(36)46(40)38-23-11-9-20-35(38)44-34-19-8-7-16-31(34)26-27-41(44)46/h1-29H. The van der Waals surface area contributed by atoms with E-state index in [0.29, 0.717) is 0 Å². The highest BCUT2D eigenvalue weighted by atomic mass is 14.7. The van der Waals surface area contributed by atoms with Crippen LogP contribution in [0.4, 0.5) is 0 Å². The van der Waals surface area contributed by atoms with Crippen molar-refractivity contribution >= 4 is 10.8 Å². The lowest BCUT2D eigenvalue weighted by Crippen LogP contribution is -2.25. The van der Waals surface area contributed by atoms with E-state index in [1.165, 1.54) is 60.8 Å². The van der Waals surface area contributed by atoms with Crippen molar-refractivity contribution in [2.75, 3.05) is 0 Å². The Hall–Kier alpha value is -6.05. The van der Waals surface area contributed by atoms with Crippen molar-refractivity contribution in [1.82, 2.24) is 4.98 Å². The van der Waals surface area contributed by atoms with Gasteiger partial charge in [0.25, 0.3) is 0 Å². The van der Waals surface area contributed by atoms with Gasteiger partial charge in [0.2, 0.25) is 0 Å². The van der Waals surface area contributed by atoms with E-state index in [9.17, 15) is 0 Å². The highest BCUT2D eigenvalue weighted by Crippen LogP contribution is 2.64. The number of benzene rings is 7. The van der Waals surface area contributed by atoms with Crippen LogP contribution in [0.5, 0.6) is 0 Å². The van der Waals surface area contributed by atoms with Crippen LogP contribution in [0.1, 0.15) is 22.3 Å². The molecule has 1 heterocycles. The molecule has 1 unspecified atom stereocenters. The second-order valence-electron chi connectivity index (χ2n) is 12.6. The van der Waals surface area contributed by atoms with E-state index in [4.69, 9.17) is 4.98 Å². The molecule has 0 saturated heterocycles. The van der Waals surface area contributed by atoms with E-state index in [1.54, 1.807) is 0 Å². The lowest BCUT2D eigenvalue weighted by atomic mass is 9.70. The van der Waals surface area contributed by atoms with Gasteiger partial charge in [0.15, 0.2) is 0 Å². The van der Waals surface area contributed by atoms with Crippen LogP contribution in [0.3, 0.4) is 0 Å². The Morgan fingerprint density at radius 3 is 1.66 bits per heavy atom. The van der Waals surface area contributed by atoms with Crippen LogP contribution in [0.2, 0.25) is 0 Å². The minimum absolute atomic E-state index is 0.419. The van der Waals surface area contributed by atoms with Crippen LogP contribution in [-0.2, 0) is 5.41 Å². The van der Waals surface area contributed by atoms with Gasteiger partial charge in [0, 0.05) is 11.1 Å². The number of rotatable bonds is 3. The molecule has 1 heteroatoms. The van der Waals surface area contributed by atoms with Gasteiger partial charge in [-0.15, -0.1) is 0 Å². The molecule has 8 aromatic rings. The number of hydrogen-bond donors (Lipinski definition) is 0. The predicted octanol–water partition coefficient (Wildman–Crippen LogP) is 11.6. The Kier molecular flexibility index (Phi) is 5.56. The molecule has 7 aromatic carbocycles. The number of hydrogen-bond acceptors (Lipinski definition) is 1. The summed E-state index contributed by atoms with van der Waals surface area (Å²) in [6.45, 7) is 0. The molecular weight excluding hydrogens is 567 g/mol. The zero-order valence-electron chi connectivity index (χ0n) is 25.7. The molecule has 2 aliphatic carbocycles. The minimum atomic E-state index is -0.419. The molecule has 218 valence electrons. The normalized spacial score (nSPS) is 15.3. The fourth-order valence-corrected chi connectivity index (χ4v) is 8.39. The summed E-state index contributed by atoms with van der Waals surface area (Å²) in [5.74, 6) is 0. The third-order valence-corrected chi connectivity index (χ3v) is 10.3. The molecule has 0 bridgehead atoms. The Labute approximate surface area is 274 Å². The van der Waals surface area contributed by atoms with E-state index in [1.807, 2.05) is 0 Å². The number of aromatic nitrogens is 1. The molecule has 1 spiro atoms. The first-order chi connectivity index (χ1) is 23.3. The lowest BCUT2D eigenvalue weighted by Gasteiger charge is -2.30. The number of fused-ring (bicyclic) bond motifs is 12. The second kappa shape index (κ2) is 9.97. The molecule has 0 aliphatic heterocycles. The monoisotopic (exact) mass is 595 g/mol. The molecule has 0 fully saturated rings. The summed E-state index contributed by atoms with van der Waals surface area (Å²) in [5, 5.41) is 2.58. The van der Waals surface area contributed by atoms with Crippen LogP contribution in [-0.4, -0.2) is 4.98 Å². The van der Waals surface area contributed by atoms with Gasteiger partial charge in [-0.25, -0.2) is 4.98 Å². The van der Waals surface area contributed by atoms with Crippen molar-refractivity contribution in [2.24, 2.45) is 0 Å². The summed E-state index contributed by atoms with van der Waals surface area (Å²) in [7, 11) is 0. The molecule has 0 N–H and O–H groups in total. The summed E-state index contributed by atoms with van der Waals surface area (Å²) in [5.41, 5.74) is 16.8. The van der Waals surface area contributed by atoms with Gasteiger partial charge in [0.05, 0.1) is 16.8 Å². The summed E-state index contributed by atoms with van der Waals surface area (Å²) < 4.78 is 0. The van der Waals surface area contributed by atoms with Crippen LogP contribution in [0.25, 0.3) is 66.7 Å². The first-order valence-electron chi connectivity index (χ1n) is 16.3. The molecule has 1 nitrogen and oxygen atoms in total. The second-order valence-corrected chi connectivity index (χ2v) is 12.6. The maximum absolute atomic E-state index is 5.39. The fourth-order valence-electron chi connectivity index (χ4n) is 8.39. The summed E-state index contributed by atoms with van der Waals surface area (Å²) in [6.07, 6.45) is 0. The lowest BCUT2D eigenvalue weighted by molar-refractivity contribution is 0.794. The molecule has 0 saturated carbocycles. The average molecular weight is 596 g/mol. The van der Waals surface area contributed by atoms with Crippen LogP contribution >= 0.6 is 0 Å². The molecule has 10 rings (SSSR count). The van der Waals surface area contributed by atoms with Gasteiger partial charge in [-0.3, -0.25) is 0 Å². The van der Waals surface area contributed by atoms with Gasteiger partial charge in [-0.1, -0.05) is 164 Å². The van der Waals surface area contributed by atoms with Crippen molar-refractivity contribution in [3.63, 3.8) is 0 Å². The zero-order chi connectivity index (χ0) is 31.0. The average Bonchev–Trinajstić information content (AvgIpc) is 3.63. The third kappa shape index (κ3) is 3.63.